The van der Waals surface area contributed by atoms with Crippen LogP contribution < -0.4 is 10.6 Å². The van der Waals surface area contributed by atoms with E-state index in [0.29, 0.717) is 11.3 Å². The van der Waals surface area contributed by atoms with Gasteiger partial charge in [0.2, 0.25) is 0 Å². The lowest BCUT2D eigenvalue weighted by molar-refractivity contribution is -0.136. The van der Waals surface area contributed by atoms with E-state index in [-0.39, 0.29) is 18.7 Å². The summed E-state index contributed by atoms with van der Waals surface area (Å²) in [6.45, 7) is 2.97. The van der Waals surface area contributed by atoms with Crippen molar-refractivity contribution in [1.29, 1.82) is 0 Å². The minimum atomic E-state index is -1.27. The Kier molecular flexibility index (Phi) is 5.35. The number of aliphatic hydroxyl groups is 1. The molecule has 1 atom stereocenters. The fraction of sp³-hybridized carbons (Fsp3) is 0.294. The van der Waals surface area contributed by atoms with E-state index in [2.05, 4.69) is 10.6 Å². The molecule has 3 N–H and O–H groups in total. The van der Waals surface area contributed by atoms with E-state index < -0.39 is 23.2 Å². The van der Waals surface area contributed by atoms with E-state index in [4.69, 9.17) is 4.42 Å². The van der Waals surface area contributed by atoms with Crippen LogP contribution in [0.2, 0.25) is 0 Å². The summed E-state index contributed by atoms with van der Waals surface area (Å²) in [5, 5.41) is 14.9. The number of hydrogen-bond acceptors (Lipinski definition) is 4. The van der Waals surface area contributed by atoms with Gasteiger partial charge in [-0.05, 0) is 43.7 Å². The molecule has 2 aromatic rings. The zero-order valence-corrected chi connectivity index (χ0v) is 13.4. The molecule has 1 heterocycles. The maximum absolute atomic E-state index is 13.4. The van der Waals surface area contributed by atoms with Crippen LogP contribution >= 0.6 is 0 Å². The van der Waals surface area contributed by atoms with Crippen molar-refractivity contribution in [3.8, 4) is 0 Å². The smallest absolute Gasteiger partial charge is 0.313 e. The number of anilines is 1. The summed E-state index contributed by atoms with van der Waals surface area (Å²) in [6.07, 6.45) is 1.67. The summed E-state index contributed by atoms with van der Waals surface area (Å²) < 4.78 is 18.6. The number of halogens is 1. The third-order valence-corrected chi connectivity index (χ3v) is 3.40. The molecule has 6 nitrogen and oxygen atoms in total. The molecule has 1 aromatic carbocycles. The van der Waals surface area contributed by atoms with Crippen LogP contribution in [0.3, 0.4) is 0 Å². The first-order chi connectivity index (χ1) is 11.3. The van der Waals surface area contributed by atoms with Crippen molar-refractivity contribution in [2.24, 2.45) is 0 Å². The molecule has 0 saturated carbocycles. The van der Waals surface area contributed by atoms with Gasteiger partial charge in [0.05, 0.1) is 11.9 Å². The summed E-state index contributed by atoms with van der Waals surface area (Å²) in [5.41, 5.74) is -0.656. The number of furan rings is 1. The number of amides is 2. The van der Waals surface area contributed by atoms with E-state index in [1.54, 1.807) is 19.1 Å². The summed E-state index contributed by atoms with van der Waals surface area (Å²) in [4.78, 5) is 23.6. The molecule has 128 valence electrons. The van der Waals surface area contributed by atoms with Crippen LogP contribution in [-0.4, -0.2) is 29.1 Å². The molecule has 0 saturated heterocycles. The molecule has 1 aromatic heterocycles. The number of rotatable bonds is 5. The Balaban J connectivity index is 1.87. The molecule has 7 heteroatoms. The lowest BCUT2D eigenvalue weighted by Crippen LogP contribution is -2.45. The van der Waals surface area contributed by atoms with Gasteiger partial charge in [0.15, 0.2) is 0 Å². The van der Waals surface area contributed by atoms with Crippen LogP contribution in [0.25, 0.3) is 0 Å². The van der Waals surface area contributed by atoms with E-state index in [9.17, 15) is 19.1 Å². The normalized spacial score (nSPS) is 13.2. The van der Waals surface area contributed by atoms with Crippen molar-refractivity contribution in [3.63, 3.8) is 0 Å². The average Bonchev–Trinajstić information content (AvgIpc) is 3.00. The molecule has 0 radical (unpaired) electrons. The lowest BCUT2D eigenvalue weighted by atomic mass is 10.0. The van der Waals surface area contributed by atoms with Crippen LogP contribution in [-0.2, 0) is 16.0 Å². The van der Waals surface area contributed by atoms with Crippen LogP contribution in [0.1, 0.15) is 18.2 Å². The van der Waals surface area contributed by atoms with Gasteiger partial charge in [-0.2, -0.15) is 0 Å². The molecular formula is C17H19FN2O4. The Bertz CT molecular complexity index is 726. The fourth-order valence-electron chi connectivity index (χ4n) is 2.06. The van der Waals surface area contributed by atoms with Gasteiger partial charge in [-0.25, -0.2) is 4.39 Å². The molecule has 24 heavy (non-hydrogen) atoms. The van der Waals surface area contributed by atoms with Crippen molar-refractivity contribution >= 4 is 17.5 Å². The molecule has 0 aliphatic rings. The molecule has 2 amide bonds. The highest BCUT2D eigenvalue weighted by Gasteiger charge is 2.25. The van der Waals surface area contributed by atoms with E-state index in [1.165, 1.54) is 25.3 Å². The standard InChI is InChI=1S/C17H19FN2O4/c1-11-5-6-12(8-14(11)18)20-16(22)15(21)19-10-17(2,23)9-13-4-3-7-24-13/h3-8,23H,9-10H2,1-2H3,(H,19,21)(H,20,22)/t17-/m0/s1. The van der Waals surface area contributed by atoms with Crippen LogP contribution in [0.15, 0.2) is 41.0 Å². The molecule has 0 fully saturated rings. The number of nitrogens with one attached hydrogen (secondary N) is 2. The molecular weight excluding hydrogens is 315 g/mol. The lowest BCUT2D eigenvalue weighted by Gasteiger charge is -2.22. The third kappa shape index (κ3) is 4.92. The van der Waals surface area contributed by atoms with Crippen LogP contribution in [0, 0.1) is 12.7 Å². The number of benzene rings is 1. The predicted molar refractivity (Wildman–Crippen MR) is 85.8 cm³/mol. The van der Waals surface area contributed by atoms with Crippen molar-refractivity contribution in [1.82, 2.24) is 5.32 Å². The summed E-state index contributed by atoms with van der Waals surface area (Å²) in [7, 11) is 0. The summed E-state index contributed by atoms with van der Waals surface area (Å²) in [6, 6.07) is 7.52. The Morgan fingerprint density at radius 1 is 1.29 bits per heavy atom. The first-order valence-corrected chi connectivity index (χ1v) is 7.37. The Labute approximate surface area is 138 Å². The topological polar surface area (TPSA) is 91.6 Å². The van der Waals surface area contributed by atoms with Gasteiger partial charge in [0.25, 0.3) is 0 Å². The SMILES string of the molecule is Cc1ccc(NC(=O)C(=O)NC[C@@](C)(O)Cc2ccco2)cc1F. The molecule has 0 aliphatic heterocycles. The Morgan fingerprint density at radius 2 is 2.04 bits per heavy atom. The zero-order chi connectivity index (χ0) is 17.7. The Morgan fingerprint density at radius 3 is 2.67 bits per heavy atom. The van der Waals surface area contributed by atoms with Gasteiger partial charge in [0, 0.05) is 18.7 Å². The van der Waals surface area contributed by atoms with E-state index >= 15 is 0 Å². The van der Waals surface area contributed by atoms with Crippen molar-refractivity contribution in [2.75, 3.05) is 11.9 Å². The minimum absolute atomic E-state index is 0.137. The molecule has 0 aliphatic carbocycles. The van der Waals surface area contributed by atoms with E-state index in [0.717, 1.165) is 6.07 Å². The minimum Gasteiger partial charge on any atom is -0.469 e. The van der Waals surface area contributed by atoms with Gasteiger partial charge >= 0.3 is 11.8 Å². The monoisotopic (exact) mass is 334 g/mol. The van der Waals surface area contributed by atoms with Crippen LogP contribution in [0.4, 0.5) is 10.1 Å². The molecule has 0 bridgehead atoms. The fourth-order valence-corrected chi connectivity index (χ4v) is 2.06. The highest BCUT2D eigenvalue weighted by Crippen LogP contribution is 2.14. The number of aryl methyl sites for hydroxylation is 1. The first-order valence-electron chi connectivity index (χ1n) is 7.37. The first kappa shape index (κ1) is 17.7. The quantitative estimate of drug-likeness (QED) is 0.727. The van der Waals surface area contributed by atoms with Gasteiger partial charge < -0.3 is 20.2 Å². The van der Waals surface area contributed by atoms with Crippen molar-refractivity contribution in [2.45, 2.75) is 25.9 Å². The Hall–Kier alpha value is -2.67. The largest absolute Gasteiger partial charge is 0.469 e. The second kappa shape index (κ2) is 7.27. The number of carbonyl (C=O) groups excluding carboxylic acids is 2. The highest BCUT2D eigenvalue weighted by atomic mass is 19.1. The maximum Gasteiger partial charge on any atom is 0.313 e. The van der Waals surface area contributed by atoms with Crippen molar-refractivity contribution < 1.29 is 23.5 Å². The highest BCUT2D eigenvalue weighted by molar-refractivity contribution is 6.39. The van der Waals surface area contributed by atoms with Gasteiger partial charge in [0.1, 0.15) is 11.6 Å². The van der Waals surface area contributed by atoms with Crippen molar-refractivity contribution in [3.05, 3.63) is 53.7 Å². The predicted octanol–water partition coefficient (Wildman–Crippen LogP) is 1.78. The van der Waals surface area contributed by atoms with Gasteiger partial charge in [-0.3, -0.25) is 9.59 Å². The second-order valence-corrected chi connectivity index (χ2v) is 5.85. The van der Waals surface area contributed by atoms with Crippen LogP contribution in [0.5, 0.6) is 0 Å². The van der Waals surface area contributed by atoms with Gasteiger partial charge in [-0.15, -0.1) is 0 Å². The van der Waals surface area contributed by atoms with Gasteiger partial charge in [-0.1, -0.05) is 6.07 Å². The number of hydrogen-bond donors (Lipinski definition) is 3. The molecule has 2 rings (SSSR count). The molecule has 0 unspecified atom stereocenters. The molecule has 0 spiro atoms. The zero-order valence-electron chi connectivity index (χ0n) is 13.4. The van der Waals surface area contributed by atoms with E-state index in [1.807, 2.05) is 0 Å². The average molecular weight is 334 g/mol. The number of carbonyl (C=O) groups is 2. The summed E-state index contributed by atoms with van der Waals surface area (Å²) >= 11 is 0. The maximum atomic E-state index is 13.4. The second-order valence-electron chi connectivity index (χ2n) is 5.85. The third-order valence-electron chi connectivity index (χ3n) is 3.40. The summed E-state index contributed by atoms with van der Waals surface area (Å²) in [5.74, 6) is -1.77.